The lowest BCUT2D eigenvalue weighted by molar-refractivity contribution is 0.0599. The van der Waals surface area contributed by atoms with E-state index in [0.29, 0.717) is 34.0 Å². The Morgan fingerprint density at radius 3 is 2.79 bits per heavy atom. The number of pyridine rings is 2. The average molecular weight is 328 g/mol. The normalized spacial score (nSPS) is 24.1. The lowest BCUT2D eigenvalue weighted by atomic mass is 9.78. The van der Waals surface area contributed by atoms with Crippen molar-refractivity contribution in [2.45, 2.75) is 46.1 Å². The molecule has 3 rings (SSSR count). The highest BCUT2D eigenvalue weighted by molar-refractivity contribution is 5.94. The van der Waals surface area contributed by atoms with Gasteiger partial charge in [-0.3, -0.25) is 9.78 Å². The third kappa shape index (κ3) is 2.72. The maximum Gasteiger partial charge on any atom is 0.339 e. The van der Waals surface area contributed by atoms with Gasteiger partial charge in [-0.05, 0) is 37.3 Å². The minimum atomic E-state index is -0.462. The molecule has 2 aromatic rings. The lowest BCUT2D eigenvalue weighted by Gasteiger charge is -2.35. The fraction of sp³-hybridized carbons (Fsp3) is 0.526. The van der Waals surface area contributed by atoms with Crippen molar-refractivity contribution < 1.29 is 9.53 Å². The monoisotopic (exact) mass is 328 g/mol. The highest BCUT2D eigenvalue weighted by atomic mass is 16.5. The first-order chi connectivity index (χ1) is 11.4. The zero-order valence-electron chi connectivity index (χ0n) is 14.7. The number of aromatic nitrogens is 2. The zero-order chi connectivity index (χ0) is 17.4. The summed E-state index contributed by atoms with van der Waals surface area (Å²) in [4.78, 5) is 29.3. The minimum absolute atomic E-state index is 0.0731. The summed E-state index contributed by atoms with van der Waals surface area (Å²) >= 11 is 0. The van der Waals surface area contributed by atoms with Crippen molar-refractivity contribution in [2.24, 2.45) is 11.8 Å². The van der Waals surface area contributed by atoms with Crippen LogP contribution in [0.2, 0.25) is 0 Å². The number of carbonyl (C=O) groups is 1. The Morgan fingerprint density at radius 1 is 1.33 bits per heavy atom. The first kappa shape index (κ1) is 16.7. The average Bonchev–Trinajstić information content (AvgIpc) is 2.57. The number of ether oxygens (including phenoxy) is 1. The molecule has 1 saturated carbocycles. The quantitative estimate of drug-likeness (QED) is 0.792. The Balaban J connectivity index is 2.15. The number of aryl methyl sites for hydroxylation is 1. The molecule has 2 aromatic heterocycles. The van der Waals surface area contributed by atoms with Crippen LogP contribution >= 0.6 is 0 Å². The van der Waals surface area contributed by atoms with Crippen molar-refractivity contribution in [3.8, 4) is 0 Å². The van der Waals surface area contributed by atoms with Crippen LogP contribution in [0.15, 0.2) is 23.1 Å². The molecule has 0 spiro atoms. The van der Waals surface area contributed by atoms with Crippen LogP contribution in [-0.2, 0) is 4.74 Å². The molecule has 2 heterocycles. The predicted molar refractivity (Wildman–Crippen MR) is 93.3 cm³/mol. The Bertz CT molecular complexity index is 840. The van der Waals surface area contributed by atoms with Crippen molar-refractivity contribution in [3.05, 3.63) is 39.9 Å². The second-order valence-corrected chi connectivity index (χ2v) is 6.91. The van der Waals surface area contributed by atoms with Gasteiger partial charge in [0.15, 0.2) is 0 Å². The van der Waals surface area contributed by atoms with Crippen molar-refractivity contribution in [1.29, 1.82) is 0 Å². The maximum atomic E-state index is 13.0. The van der Waals surface area contributed by atoms with E-state index in [1.54, 1.807) is 13.0 Å². The lowest BCUT2D eigenvalue weighted by Crippen LogP contribution is -2.33. The van der Waals surface area contributed by atoms with Crippen molar-refractivity contribution in [3.63, 3.8) is 0 Å². The number of rotatable bonds is 2. The smallest absolute Gasteiger partial charge is 0.339 e. The van der Waals surface area contributed by atoms with Gasteiger partial charge in [0, 0.05) is 12.2 Å². The number of methoxy groups -OCH3 is 1. The van der Waals surface area contributed by atoms with Gasteiger partial charge in [-0.25, -0.2) is 4.79 Å². The summed E-state index contributed by atoms with van der Waals surface area (Å²) in [7, 11) is 1.33. The molecule has 1 aliphatic rings. The molecule has 5 nitrogen and oxygen atoms in total. The van der Waals surface area contributed by atoms with Gasteiger partial charge >= 0.3 is 5.97 Å². The van der Waals surface area contributed by atoms with Crippen LogP contribution in [-0.4, -0.2) is 22.6 Å². The number of carbonyl (C=O) groups excluding carboxylic acids is 1. The molecule has 0 radical (unpaired) electrons. The van der Waals surface area contributed by atoms with Gasteiger partial charge in [-0.15, -0.1) is 0 Å². The second kappa shape index (κ2) is 6.38. The molecule has 0 amide bonds. The number of hydrogen-bond donors (Lipinski definition) is 0. The van der Waals surface area contributed by atoms with Crippen LogP contribution in [0.5, 0.6) is 0 Å². The van der Waals surface area contributed by atoms with Crippen molar-refractivity contribution in [2.75, 3.05) is 7.11 Å². The topological polar surface area (TPSA) is 61.2 Å². The van der Waals surface area contributed by atoms with Gasteiger partial charge in [-0.2, -0.15) is 0 Å². The van der Waals surface area contributed by atoms with Crippen LogP contribution in [0.25, 0.3) is 10.9 Å². The minimum Gasteiger partial charge on any atom is -0.465 e. The van der Waals surface area contributed by atoms with E-state index in [0.717, 1.165) is 12.8 Å². The molecule has 128 valence electrons. The SMILES string of the molecule is COC(=O)c1cc2c(=O)n([C@@H]3CCC[C@H](C)[C@H]3C)ccc2nc1C. The molecule has 1 aliphatic carbocycles. The Kier molecular flexibility index (Phi) is 4.43. The van der Waals surface area contributed by atoms with Crippen LogP contribution < -0.4 is 5.56 Å². The summed E-state index contributed by atoms with van der Waals surface area (Å²) in [6.07, 6.45) is 5.22. The molecule has 1 fully saturated rings. The zero-order valence-corrected chi connectivity index (χ0v) is 14.7. The van der Waals surface area contributed by atoms with E-state index in [1.165, 1.54) is 13.5 Å². The summed E-state index contributed by atoms with van der Waals surface area (Å²) in [6.45, 7) is 6.23. The van der Waals surface area contributed by atoms with Crippen LogP contribution in [0.3, 0.4) is 0 Å². The standard InChI is InChI=1S/C19H24N2O3/c1-11-6-5-7-17(12(11)2)21-9-8-16-15(18(21)22)10-14(13(3)20-16)19(23)24-4/h8-12,17H,5-7H2,1-4H3/t11-,12+,17+/m0/s1. The first-order valence-electron chi connectivity index (χ1n) is 8.55. The molecule has 24 heavy (non-hydrogen) atoms. The Morgan fingerprint density at radius 2 is 2.08 bits per heavy atom. The van der Waals surface area contributed by atoms with E-state index < -0.39 is 5.97 Å². The highest BCUT2D eigenvalue weighted by Crippen LogP contribution is 2.37. The molecular formula is C19H24N2O3. The Hall–Kier alpha value is -2.17. The van der Waals surface area contributed by atoms with E-state index in [9.17, 15) is 9.59 Å². The summed E-state index contributed by atoms with van der Waals surface area (Å²) in [5.74, 6) is 0.594. The van der Waals surface area contributed by atoms with Crippen LogP contribution in [0, 0.1) is 18.8 Å². The van der Waals surface area contributed by atoms with Gasteiger partial charge in [-0.1, -0.05) is 26.7 Å². The van der Waals surface area contributed by atoms with E-state index in [4.69, 9.17) is 4.74 Å². The predicted octanol–water partition coefficient (Wildman–Crippen LogP) is 3.49. The molecule has 0 N–H and O–H groups in total. The maximum absolute atomic E-state index is 13.0. The third-order valence-electron chi connectivity index (χ3n) is 5.53. The summed E-state index contributed by atoms with van der Waals surface area (Å²) in [5, 5.41) is 0.480. The van der Waals surface area contributed by atoms with Gasteiger partial charge in [0.2, 0.25) is 0 Å². The van der Waals surface area contributed by atoms with E-state index in [-0.39, 0.29) is 11.6 Å². The van der Waals surface area contributed by atoms with Crippen LogP contribution in [0.4, 0.5) is 0 Å². The van der Waals surface area contributed by atoms with Crippen molar-refractivity contribution in [1.82, 2.24) is 9.55 Å². The molecule has 0 bridgehead atoms. The fourth-order valence-corrected chi connectivity index (χ4v) is 3.80. The molecule has 0 unspecified atom stereocenters. The first-order valence-corrected chi connectivity index (χ1v) is 8.55. The van der Waals surface area contributed by atoms with Gasteiger partial charge in [0.05, 0.1) is 29.3 Å². The number of nitrogens with zero attached hydrogens (tertiary/aromatic N) is 2. The van der Waals surface area contributed by atoms with Crippen LogP contribution in [0.1, 0.15) is 55.2 Å². The highest BCUT2D eigenvalue weighted by Gasteiger charge is 2.29. The van der Waals surface area contributed by atoms with E-state index >= 15 is 0 Å². The van der Waals surface area contributed by atoms with Gasteiger partial charge in [0.1, 0.15) is 0 Å². The molecular weight excluding hydrogens is 304 g/mol. The number of hydrogen-bond acceptors (Lipinski definition) is 4. The second-order valence-electron chi connectivity index (χ2n) is 6.91. The van der Waals surface area contributed by atoms with Gasteiger partial charge < -0.3 is 9.30 Å². The summed E-state index contributed by atoms with van der Waals surface area (Å²) < 4.78 is 6.63. The van der Waals surface area contributed by atoms with E-state index in [2.05, 4.69) is 18.8 Å². The summed E-state index contributed by atoms with van der Waals surface area (Å²) in [5.41, 5.74) is 1.48. The summed E-state index contributed by atoms with van der Waals surface area (Å²) in [6, 6.07) is 3.70. The molecule has 0 aliphatic heterocycles. The van der Waals surface area contributed by atoms with E-state index in [1.807, 2.05) is 16.8 Å². The molecule has 0 aromatic carbocycles. The third-order valence-corrected chi connectivity index (χ3v) is 5.53. The molecule has 5 heteroatoms. The number of fused-ring (bicyclic) bond motifs is 1. The number of esters is 1. The molecule has 0 saturated heterocycles. The Labute approximate surface area is 141 Å². The van der Waals surface area contributed by atoms with Crippen molar-refractivity contribution >= 4 is 16.9 Å². The van der Waals surface area contributed by atoms with Gasteiger partial charge in [0.25, 0.3) is 5.56 Å². The fourth-order valence-electron chi connectivity index (χ4n) is 3.80. The molecule has 3 atom stereocenters. The largest absolute Gasteiger partial charge is 0.465 e.